The van der Waals surface area contributed by atoms with Crippen molar-refractivity contribution in [3.05, 3.63) is 272 Å². The first-order valence-electron chi connectivity index (χ1n) is 35.9. The van der Waals surface area contributed by atoms with Gasteiger partial charge in [-0.1, -0.05) is 79.7 Å². The van der Waals surface area contributed by atoms with Crippen molar-refractivity contribution < 1.29 is 92.4 Å². The highest BCUT2D eigenvalue weighted by Gasteiger charge is 2.42. The van der Waals surface area contributed by atoms with E-state index in [1.54, 1.807) is 69.0 Å². The number of benzene rings is 5. The van der Waals surface area contributed by atoms with Gasteiger partial charge in [-0.3, -0.25) is 47.9 Å². The summed E-state index contributed by atoms with van der Waals surface area (Å²) in [6, 6.07) is 19.8. The van der Waals surface area contributed by atoms with Crippen LogP contribution < -0.4 is 41.7 Å². The fourth-order valence-electron chi connectivity index (χ4n) is 14.2. The highest BCUT2D eigenvalue weighted by molar-refractivity contribution is 6.02. The van der Waals surface area contributed by atoms with Crippen LogP contribution in [0.25, 0.3) is 0 Å². The third-order valence-electron chi connectivity index (χ3n) is 20.1. The van der Waals surface area contributed by atoms with Crippen molar-refractivity contribution in [2.75, 3.05) is 52.5 Å². The van der Waals surface area contributed by atoms with E-state index in [0.29, 0.717) is 87.4 Å². The summed E-state index contributed by atoms with van der Waals surface area (Å²) in [6.45, 7) is 8.26. The van der Waals surface area contributed by atoms with Crippen molar-refractivity contribution >= 4 is 41.2 Å². The van der Waals surface area contributed by atoms with Crippen molar-refractivity contribution in [3.63, 3.8) is 0 Å². The molecular weight excluding hydrogens is 1480 g/mol. The largest absolute Gasteiger partial charge is 0.503 e. The van der Waals surface area contributed by atoms with Crippen LogP contribution in [0.15, 0.2) is 142 Å². The number of pyridine rings is 3. The number of hydrogen-bond acceptors (Lipinski definition) is 14. The molecule has 4 fully saturated rings. The molecule has 0 saturated carbocycles. The number of aromatic hydroxyl groups is 1. The highest BCUT2D eigenvalue weighted by atomic mass is 19.2. The third kappa shape index (κ3) is 17.5. The van der Waals surface area contributed by atoms with Crippen molar-refractivity contribution in [1.29, 1.82) is 0 Å². The van der Waals surface area contributed by atoms with Gasteiger partial charge >= 0.3 is 0 Å². The van der Waals surface area contributed by atoms with Gasteiger partial charge in [0.15, 0.2) is 34.3 Å². The van der Waals surface area contributed by atoms with Crippen LogP contribution in [-0.4, -0.2) is 127 Å². The molecule has 32 heteroatoms. The number of halogens is 9. The summed E-state index contributed by atoms with van der Waals surface area (Å²) in [7, 11) is 0. The molecule has 4 N–H and O–H groups in total. The van der Waals surface area contributed by atoms with Crippen LogP contribution in [0.4, 0.5) is 39.5 Å². The van der Waals surface area contributed by atoms with Crippen molar-refractivity contribution in [1.82, 2.24) is 44.4 Å². The number of fused-ring (bicyclic) bond motifs is 12. The summed E-state index contributed by atoms with van der Waals surface area (Å²) in [5.74, 6) is -15.9. The van der Waals surface area contributed by atoms with Crippen LogP contribution in [-0.2, 0) is 42.4 Å². The fraction of sp³-hybridized carbons (Fsp3) is 0.325. The lowest BCUT2D eigenvalue weighted by atomic mass is 9.99. The molecule has 6 amide bonds. The maximum atomic E-state index is 14.1. The topological polar surface area (TPSA) is 279 Å². The molecule has 0 radical (unpaired) electrons. The predicted octanol–water partition coefficient (Wildman–Crippen LogP) is 10.4. The van der Waals surface area contributed by atoms with Gasteiger partial charge < -0.3 is 63.7 Å². The monoisotopic (exact) mass is 1560 g/mol. The molecule has 10 heterocycles. The summed E-state index contributed by atoms with van der Waals surface area (Å²) < 4.78 is 145. The summed E-state index contributed by atoms with van der Waals surface area (Å²) in [5.41, 5.74) is -3.51. The molecule has 3 aromatic heterocycles. The first-order valence-corrected chi connectivity index (χ1v) is 35.9. The molecule has 5 aromatic carbocycles. The number of carbonyl (C=O) groups excluding carboxylic acids is 7. The zero-order valence-electron chi connectivity index (χ0n) is 60.2. The van der Waals surface area contributed by atoms with Crippen LogP contribution in [0.5, 0.6) is 17.2 Å². The smallest absolute Gasteiger partial charge is 0.274 e. The summed E-state index contributed by atoms with van der Waals surface area (Å²) in [4.78, 5) is 135. The maximum Gasteiger partial charge on any atom is 0.274 e. The summed E-state index contributed by atoms with van der Waals surface area (Å²) in [5, 5.41) is 17.3. The van der Waals surface area contributed by atoms with E-state index in [0.717, 1.165) is 30.8 Å². The lowest BCUT2D eigenvalue weighted by Gasteiger charge is -2.35. The average Bonchev–Trinajstić information content (AvgIpc) is 1.04. The molecule has 7 aliphatic rings. The number of amides is 6. The van der Waals surface area contributed by atoms with Gasteiger partial charge in [0.05, 0.1) is 18.1 Å². The van der Waals surface area contributed by atoms with Crippen LogP contribution in [0.2, 0.25) is 0 Å². The molecule has 6 bridgehead atoms. The Balaban J connectivity index is 0.000000152. The van der Waals surface area contributed by atoms with E-state index < -0.39 is 163 Å². The van der Waals surface area contributed by atoms with Gasteiger partial charge in [-0.05, 0) is 55.6 Å². The second kappa shape index (κ2) is 34.4. The summed E-state index contributed by atoms with van der Waals surface area (Å²) in [6.07, 6.45) is 9.11. The number of hydrogen-bond donors (Lipinski definition) is 4. The van der Waals surface area contributed by atoms with Gasteiger partial charge in [0.1, 0.15) is 88.0 Å². The minimum Gasteiger partial charge on any atom is -0.503 e. The van der Waals surface area contributed by atoms with E-state index in [-0.39, 0.29) is 97.1 Å². The van der Waals surface area contributed by atoms with Crippen molar-refractivity contribution in [3.8, 4) is 17.2 Å². The van der Waals surface area contributed by atoms with E-state index in [9.17, 15) is 92.6 Å². The van der Waals surface area contributed by atoms with Crippen molar-refractivity contribution in [2.24, 2.45) is 5.92 Å². The molecule has 15 rings (SSSR count). The Morgan fingerprint density at radius 1 is 0.491 bits per heavy atom. The van der Waals surface area contributed by atoms with Crippen LogP contribution in [0.3, 0.4) is 0 Å². The molecular formula is C80H74F9N9O14. The third-order valence-corrected chi connectivity index (χ3v) is 20.1. The minimum absolute atomic E-state index is 0.0230. The standard InChI is InChI=1S/C28H24F3N3O4.C27H22F3N3O5.C21H20F3N3O4.C4H8O/c1-16-7-8-33-13-19(9-16)34-14-21(27(36)32-12-20-22(30)10-18(29)11-23(20)31)25(35)26(24(34)28(33)37)38-15-17-5-3-2-4-6-17;28-16-8-21(29)19(22(30)9-16)11-31-26(36)20-13-33-17-10-18(34)6-7-32(12-17)27(37)23(33)25(24(20)35)38-14-15-4-2-1-3-5-15;1-10-2-3-26-8-12(4-10)27-9-14(18(28)19(29)17(27)21(26)31)20(30)25-7-13-15(23)5-11(22)6-16(13)24;1-2-4-5-3-1/h2-6,10-11,14,19H,1,7-9,12-13,15H2,(H,32,36);1-5,8-9,13,17H,6-7,10-12,14H2,(H,31,36);5-6,9-10,12,29H,2-4,7-8H2,1H3,(H,25,30);1-4H2/t19-;17-;10?,12-;/m000./s1. The van der Waals surface area contributed by atoms with E-state index in [4.69, 9.17) is 14.2 Å². The Morgan fingerprint density at radius 2 is 0.857 bits per heavy atom. The Morgan fingerprint density at radius 3 is 1.27 bits per heavy atom. The Labute approximate surface area is 632 Å². The van der Waals surface area contributed by atoms with Gasteiger partial charge in [-0.2, -0.15) is 0 Å². The number of nitrogens with zero attached hydrogens (tertiary/aromatic N) is 6. The molecule has 586 valence electrons. The normalized spacial score (nSPS) is 17.9. The van der Waals surface area contributed by atoms with Gasteiger partial charge in [0.25, 0.3) is 35.4 Å². The van der Waals surface area contributed by atoms with E-state index >= 15 is 0 Å². The van der Waals surface area contributed by atoms with Gasteiger partial charge in [0, 0.05) is 157 Å². The fourth-order valence-corrected chi connectivity index (χ4v) is 14.2. The molecule has 112 heavy (non-hydrogen) atoms. The molecule has 8 aromatic rings. The Bertz CT molecular complexity index is 4950. The van der Waals surface area contributed by atoms with Gasteiger partial charge in [-0.15, -0.1) is 0 Å². The number of ether oxygens (including phenoxy) is 3. The highest BCUT2D eigenvalue weighted by Crippen LogP contribution is 2.38. The summed E-state index contributed by atoms with van der Waals surface area (Å²) >= 11 is 0. The number of rotatable bonds is 15. The zero-order chi connectivity index (χ0) is 79.9. The molecule has 4 saturated heterocycles. The SMILES string of the molecule is C1CCOC1.C=C1CCN2C[C@H](C1)n1cc(C(=O)NCc3c(F)cc(F)cc3F)c(=O)c(OCc3ccccc3)c1C2=O.CC1CCN2C[C@H](C1)n1cc(C(=O)NCc3c(F)cc(F)cc3F)c(=O)c(O)c1C2=O.O=C1CCN2C[C@H](C1)n1cc(C(=O)NCc3c(F)cc(F)cc3F)c(=O)c(OCc3ccccc3)c1C2=O. The Kier molecular flexibility index (Phi) is 24.4. The Hall–Kier alpha value is -12.1. The first-order chi connectivity index (χ1) is 53.6. The zero-order valence-corrected chi connectivity index (χ0v) is 60.2. The minimum atomic E-state index is -1.19. The second-order valence-electron chi connectivity index (χ2n) is 27.9. The van der Waals surface area contributed by atoms with E-state index in [2.05, 4.69) is 22.5 Å². The van der Waals surface area contributed by atoms with Crippen LogP contribution >= 0.6 is 0 Å². The number of nitrogens with one attached hydrogen (secondary N) is 3. The lowest BCUT2D eigenvalue weighted by Crippen LogP contribution is -2.44. The first kappa shape index (κ1) is 79.5. The molecule has 4 atom stereocenters. The molecule has 0 spiro atoms. The number of carbonyl (C=O) groups is 7. The molecule has 0 aliphatic carbocycles. The van der Waals surface area contributed by atoms with E-state index in [1.165, 1.54) is 45.5 Å². The van der Waals surface area contributed by atoms with Crippen LogP contribution in [0, 0.1) is 58.3 Å². The van der Waals surface area contributed by atoms with Crippen LogP contribution in [0.1, 0.15) is 167 Å². The second-order valence-corrected chi connectivity index (χ2v) is 27.9. The van der Waals surface area contributed by atoms with Crippen molar-refractivity contribution in [2.45, 2.75) is 109 Å². The number of aromatic nitrogens is 3. The quantitative estimate of drug-likeness (QED) is 0.0549. The van der Waals surface area contributed by atoms with Gasteiger partial charge in [-0.25, -0.2) is 39.5 Å². The maximum absolute atomic E-state index is 14.1. The molecule has 1 unspecified atom stereocenters. The van der Waals surface area contributed by atoms with Gasteiger partial charge in [0.2, 0.25) is 16.3 Å². The van der Waals surface area contributed by atoms with E-state index in [1.807, 2.05) is 13.0 Å². The number of ketones is 1. The number of Topliss-reactive ketones (excluding diaryl/α,β-unsaturated/α-hetero) is 1. The molecule has 23 nitrogen and oxygen atoms in total. The predicted molar refractivity (Wildman–Crippen MR) is 384 cm³/mol. The average molecular weight is 1560 g/mol. The lowest BCUT2D eigenvalue weighted by molar-refractivity contribution is -0.119. The molecule has 7 aliphatic heterocycles.